The third kappa shape index (κ3) is 3.05. The molecule has 2 heterocycles. The number of amides is 1. The van der Waals surface area contributed by atoms with Crippen molar-refractivity contribution in [3.63, 3.8) is 0 Å². The van der Waals surface area contributed by atoms with Gasteiger partial charge in [-0.15, -0.1) is 0 Å². The molecule has 6 nitrogen and oxygen atoms in total. The molecule has 110 valence electrons. The summed E-state index contributed by atoms with van der Waals surface area (Å²) in [4.78, 5) is 12.3. The second-order valence-corrected chi connectivity index (χ2v) is 5.12. The molecule has 0 aliphatic carbocycles. The highest BCUT2D eigenvalue weighted by Crippen LogP contribution is 2.19. The molecule has 0 bridgehead atoms. The Morgan fingerprint density at radius 1 is 1.33 bits per heavy atom. The van der Waals surface area contributed by atoms with E-state index in [4.69, 9.17) is 10.5 Å². The van der Waals surface area contributed by atoms with Crippen LogP contribution < -0.4 is 11.1 Å². The number of hydrogen-bond donors (Lipinski definition) is 2. The highest BCUT2D eigenvalue weighted by Gasteiger charge is 2.22. The molecule has 3 rings (SSSR count). The number of hydrogen-bond acceptors (Lipinski definition) is 4. The summed E-state index contributed by atoms with van der Waals surface area (Å²) in [7, 11) is 0. The Morgan fingerprint density at radius 3 is 2.86 bits per heavy atom. The smallest absolute Gasteiger partial charge is 0.230 e. The molecule has 2 aromatic rings. The van der Waals surface area contributed by atoms with Crippen molar-refractivity contribution in [2.75, 3.05) is 24.3 Å². The molecule has 1 amide bonds. The van der Waals surface area contributed by atoms with Gasteiger partial charge in [0.05, 0.1) is 24.4 Å². The van der Waals surface area contributed by atoms with E-state index in [1.807, 2.05) is 12.1 Å². The maximum absolute atomic E-state index is 12.3. The van der Waals surface area contributed by atoms with Gasteiger partial charge >= 0.3 is 0 Å². The SMILES string of the molecule is Nc1ccc(-n2nccc2NC(=O)C2CCCOC2)cc1. The lowest BCUT2D eigenvalue weighted by Gasteiger charge is -2.21. The number of rotatable bonds is 3. The summed E-state index contributed by atoms with van der Waals surface area (Å²) in [6.07, 6.45) is 3.44. The maximum atomic E-state index is 12.3. The Balaban J connectivity index is 1.76. The molecule has 1 unspecified atom stereocenters. The fraction of sp³-hybridized carbons (Fsp3) is 0.333. The standard InChI is InChI=1S/C15H18N4O2/c16-12-3-5-13(6-4-12)19-14(7-8-17-19)18-15(20)11-2-1-9-21-10-11/h3-8,11H,1-2,9-10,16H2,(H,18,20). The monoisotopic (exact) mass is 286 g/mol. The number of carbonyl (C=O) groups is 1. The molecule has 0 spiro atoms. The number of aromatic nitrogens is 2. The molecule has 1 atom stereocenters. The van der Waals surface area contributed by atoms with Crippen LogP contribution >= 0.6 is 0 Å². The van der Waals surface area contributed by atoms with Gasteiger partial charge in [-0.3, -0.25) is 4.79 Å². The fourth-order valence-electron chi connectivity index (χ4n) is 2.40. The molecule has 0 saturated carbocycles. The predicted octanol–water partition coefficient (Wildman–Crippen LogP) is 1.82. The average Bonchev–Trinajstić information content (AvgIpc) is 2.97. The zero-order valence-corrected chi connectivity index (χ0v) is 11.7. The molecule has 1 aliphatic heterocycles. The summed E-state index contributed by atoms with van der Waals surface area (Å²) in [6, 6.07) is 9.11. The topological polar surface area (TPSA) is 82.2 Å². The summed E-state index contributed by atoms with van der Waals surface area (Å²) >= 11 is 0. The summed E-state index contributed by atoms with van der Waals surface area (Å²) in [5.74, 6) is 0.538. The van der Waals surface area contributed by atoms with Crippen LogP contribution in [-0.4, -0.2) is 28.9 Å². The van der Waals surface area contributed by atoms with Gasteiger partial charge in [-0.1, -0.05) is 0 Å². The van der Waals surface area contributed by atoms with E-state index >= 15 is 0 Å². The largest absolute Gasteiger partial charge is 0.399 e. The highest BCUT2D eigenvalue weighted by atomic mass is 16.5. The molecule has 1 fully saturated rings. The van der Waals surface area contributed by atoms with Crippen molar-refractivity contribution in [2.24, 2.45) is 5.92 Å². The van der Waals surface area contributed by atoms with Crippen LogP contribution in [0.1, 0.15) is 12.8 Å². The summed E-state index contributed by atoms with van der Waals surface area (Å²) in [6.45, 7) is 1.23. The number of carbonyl (C=O) groups excluding carboxylic acids is 1. The molecule has 1 aromatic heterocycles. The summed E-state index contributed by atoms with van der Waals surface area (Å²) in [5, 5.41) is 7.17. The fourth-order valence-corrected chi connectivity index (χ4v) is 2.40. The number of ether oxygens (including phenoxy) is 1. The molecule has 6 heteroatoms. The Labute approximate surface area is 122 Å². The van der Waals surface area contributed by atoms with Crippen LogP contribution in [0, 0.1) is 5.92 Å². The van der Waals surface area contributed by atoms with Crippen LogP contribution in [0.4, 0.5) is 11.5 Å². The molecule has 1 aliphatic rings. The first-order chi connectivity index (χ1) is 10.2. The van der Waals surface area contributed by atoms with E-state index in [2.05, 4.69) is 10.4 Å². The molecular weight excluding hydrogens is 268 g/mol. The Morgan fingerprint density at radius 2 is 2.14 bits per heavy atom. The van der Waals surface area contributed by atoms with Crippen molar-refractivity contribution in [1.29, 1.82) is 0 Å². The summed E-state index contributed by atoms with van der Waals surface area (Å²) in [5.41, 5.74) is 7.22. The quantitative estimate of drug-likeness (QED) is 0.843. The zero-order chi connectivity index (χ0) is 14.7. The molecule has 1 aromatic carbocycles. The van der Waals surface area contributed by atoms with E-state index in [0.29, 0.717) is 18.1 Å². The third-order valence-corrected chi connectivity index (χ3v) is 3.56. The highest BCUT2D eigenvalue weighted by molar-refractivity contribution is 5.92. The van der Waals surface area contributed by atoms with E-state index < -0.39 is 0 Å². The Kier molecular flexibility index (Phi) is 3.87. The predicted molar refractivity (Wildman–Crippen MR) is 80.1 cm³/mol. The van der Waals surface area contributed by atoms with Gasteiger partial charge < -0.3 is 15.8 Å². The van der Waals surface area contributed by atoms with Crippen LogP contribution in [-0.2, 0) is 9.53 Å². The first-order valence-corrected chi connectivity index (χ1v) is 7.02. The first-order valence-electron chi connectivity index (χ1n) is 7.02. The lowest BCUT2D eigenvalue weighted by Crippen LogP contribution is -2.30. The molecular formula is C15H18N4O2. The van der Waals surface area contributed by atoms with Gasteiger partial charge in [-0.05, 0) is 37.1 Å². The van der Waals surface area contributed by atoms with Crippen molar-refractivity contribution in [3.05, 3.63) is 36.5 Å². The third-order valence-electron chi connectivity index (χ3n) is 3.56. The Hall–Kier alpha value is -2.34. The van der Waals surface area contributed by atoms with Gasteiger partial charge in [0.15, 0.2) is 0 Å². The normalized spacial score (nSPS) is 18.4. The van der Waals surface area contributed by atoms with Crippen molar-refractivity contribution >= 4 is 17.4 Å². The van der Waals surface area contributed by atoms with Gasteiger partial charge in [0.2, 0.25) is 5.91 Å². The minimum absolute atomic E-state index is 0.0214. The lowest BCUT2D eigenvalue weighted by atomic mass is 10.0. The molecule has 0 radical (unpaired) electrons. The minimum Gasteiger partial charge on any atom is -0.399 e. The van der Waals surface area contributed by atoms with Crippen molar-refractivity contribution in [3.8, 4) is 5.69 Å². The first kappa shape index (κ1) is 13.6. The van der Waals surface area contributed by atoms with Gasteiger partial charge in [-0.25, -0.2) is 4.68 Å². The second kappa shape index (κ2) is 5.97. The number of nitrogen functional groups attached to an aromatic ring is 1. The molecule has 3 N–H and O–H groups in total. The van der Waals surface area contributed by atoms with Crippen LogP contribution in [0.15, 0.2) is 36.5 Å². The van der Waals surface area contributed by atoms with E-state index in [1.165, 1.54) is 0 Å². The van der Waals surface area contributed by atoms with E-state index in [0.717, 1.165) is 25.1 Å². The van der Waals surface area contributed by atoms with E-state index in [1.54, 1.807) is 29.1 Å². The maximum Gasteiger partial charge on any atom is 0.230 e. The lowest BCUT2D eigenvalue weighted by molar-refractivity contribution is -0.123. The zero-order valence-electron chi connectivity index (χ0n) is 11.7. The van der Waals surface area contributed by atoms with Crippen molar-refractivity contribution < 1.29 is 9.53 Å². The summed E-state index contributed by atoms with van der Waals surface area (Å²) < 4.78 is 7.03. The molecule has 1 saturated heterocycles. The average molecular weight is 286 g/mol. The number of nitrogens with zero attached hydrogens (tertiary/aromatic N) is 2. The van der Waals surface area contributed by atoms with Crippen LogP contribution in [0.3, 0.4) is 0 Å². The van der Waals surface area contributed by atoms with E-state index in [9.17, 15) is 4.79 Å². The number of benzene rings is 1. The minimum atomic E-state index is -0.0893. The van der Waals surface area contributed by atoms with Crippen LogP contribution in [0.2, 0.25) is 0 Å². The van der Waals surface area contributed by atoms with Crippen molar-refractivity contribution in [2.45, 2.75) is 12.8 Å². The van der Waals surface area contributed by atoms with Gasteiger partial charge in [0.25, 0.3) is 0 Å². The Bertz CT molecular complexity index is 615. The van der Waals surface area contributed by atoms with Crippen LogP contribution in [0.5, 0.6) is 0 Å². The molecule has 21 heavy (non-hydrogen) atoms. The van der Waals surface area contributed by atoms with Gasteiger partial charge in [0.1, 0.15) is 5.82 Å². The van der Waals surface area contributed by atoms with Gasteiger partial charge in [0, 0.05) is 18.4 Å². The number of nitrogens with one attached hydrogen (secondary N) is 1. The number of nitrogens with two attached hydrogens (primary N) is 1. The second-order valence-electron chi connectivity index (χ2n) is 5.12. The number of anilines is 2. The van der Waals surface area contributed by atoms with Crippen molar-refractivity contribution in [1.82, 2.24) is 9.78 Å². The van der Waals surface area contributed by atoms with E-state index in [-0.39, 0.29) is 11.8 Å². The van der Waals surface area contributed by atoms with Gasteiger partial charge in [-0.2, -0.15) is 5.10 Å². The van der Waals surface area contributed by atoms with Crippen LogP contribution in [0.25, 0.3) is 5.69 Å².